The molecule has 0 amide bonds. The van der Waals surface area contributed by atoms with Crippen LogP contribution in [0.15, 0.2) is 72.9 Å². The van der Waals surface area contributed by atoms with Gasteiger partial charge in [-0.25, -0.2) is 0 Å². The Bertz CT molecular complexity index is 1320. The Labute approximate surface area is 440 Å². The minimum absolute atomic E-state index is 0.0896. The average molecular weight is 992 g/mol. The number of rotatable bonds is 55. The molecule has 0 aromatic rings. The van der Waals surface area contributed by atoms with Crippen LogP contribution in [-0.4, -0.2) is 37.2 Å². The summed E-state index contributed by atoms with van der Waals surface area (Å²) in [4.78, 5) is 38.2. The molecule has 6 heteroatoms. The smallest absolute Gasteiger partial charge is 0.306 e. The second-order valence-corrected chi connectivity index (χ2v) is 20.3. The summed E-state index contributed by atoms with van der Waals surface area (Å²) in [5, 5.41) is 0. The fraction of sp³-hybridized carbons (Fsp3) is 0.769. The molecular weight excluding hydrogens is 877 g/mol. The zero-order valence-electron chi connectivity index (χ0n) is 47.0. The van der Waals surface area contributed by atoms with Gasteiger partial charge in [-0.1, -0.05) is 261 Å². The quantitative estimate of drug-likeness (QED) is 0.0261. The van der Waals surface area contributed by atoms with Gasteiger partial charge in [-0.05, 0) is 96.3 Å². The van der Waals surface area contributed by atoms with Crippen molar-refractivity contribution < 1.29 is 28.6 Å². The highest BCUT2D eigenvalue weighted by Crippen LogP contribution is 2.16. The van der Waals surface area contributed by atoms with Crippen molar-refractivity contribution >= 4 is 17.9 Å². The van der Waals surface area contributed by atoms with Crippen LogP contribution in [0.25, 0.3) is 0 Å². The maximum Gasteiger partial charge on any atom is 0.306 e. The van der Waals surface area contributed by atoms with E-state index >= 15 is 0 Å². The Balaban J connectivity index is 4.43. The predicted molar refractivity (Wildman–Crippen MR) is 307 cm³/mol. The van der Waals surface area contributed by atoms with E-state index < -0.39 is 6.10 Å². The first-order valence-electron chi connectivity index (χ1n) is 30.4. The molecule has 0 unspecified atom stereocenters. The van der Waals surface area contributed by atoms with E-state index in [2.05, 4.69) is 93.7 Å². The van der Waals surface area contributed by atoms with Crippen LogP contribution < -0.4 is 0 Å². The van der Waals surface area contributed by atoms with E-state index in [1.807, 2.05) is 0 Å². The van der Waals surface area contributed by atoms with E-state index in [4.69, 9.17) is 14.2 Å². The van der Waals surface area contributed by atoms with Gasteiger partial charge in [0.2, 0.25) is 0 Å². The highest BCUT2D eigenvalue weighted by molar-refractivity contribution is 5.71. The van der Waals surface area contributed by atoms with Crippen LogP contribution in [0, 0.1) is 0 Å². The number of carbonyl (C=O) groups excluding carboxylic acids is 3. The lowest BCUT2D eigenvalue weighted by molar-refractivity contribution is -0.167. The van der Waals surface area contributed by atoms with Crippen molar-refractivity contribution in [3.63, 3.8) is 0 Å². The zero-order valence-corrected chi connectivity index (χ0v) is 47.0. The zero-order chi connectivity index (χ0) is 51.4. The van der Waals surface area contributed by atoms with Gasteiger partial charge >= 0.3 is 17.9 Å². The first-order chi connectivity index (χ1) is 35.0. The van der Waals surface area contributed by atoms with Crippen molar-refractivity contribution in [1.82, 2.24) is 0 Å². The van der Waals surface area contributed by atoms with Gasteiger partial charge in [-0.2, -0.15) is 0 Å². The molecule has 0 aliphatic rings. The lowest BCUT2D eigenvalue weighted by Crippen LogP contribution is -2.30. The van der Waals surface area contributed by atoms with Crippen molar-refractivity contribution in [1.29, 1.82) is 0 Å². The summed E-state index contributed by atoms with van der Waals surface area (Å²) in [5.41, 5.74) is 0. The maximum atomic E-state index is 12.9. The highest BCUT2D eigenvalue weighted by atomic mass is 16.6. The van der Waals surface area contributed by atoms with Crippen molar-refractivity contribution in [3.05, 3.63) is 72.9 Å². The van der Waals surface area contributed by atoms with Gasteiger partial charge in [0, 0.05) is 19.3 Å². The molecule has 0 saturated heterocycles. The van der Waals surface area contributed by atoms with Gasteiger partial charge in [0.1, 0.15) is 13.2 Å². The standard InChI is InChI=1S/C65H114O6/c1-4-7-10-13-16-19-22-25-28-31-32-35-37-40-43-46-49-52-55-58-64(67)70-61-62(71-65(68)59-56-53-50-47-44-41-38-34-30-27-24-21-18-15-12-9-6-3)60-69-63(66)57-54-51-48-45-42-39-36-33-29-26-23-20-17-14-11-8-5-2/h17-18,20-21,26-27,29-30,36,38-39,41,62H,4-16,19,22-25,28,31-35,37,40,42-61H2,1-3H3/b20-17-,21-18-,29-26-,30-27-,39-36-,41-38-/t62-/m1/s1. The molecule has 0 fully saturated rings. The molecule has 0 rings (SSSR count). The lowest BCUT2D eigenvalue weighted by Gasteiger charge is -2.18. The van der Waals surface area contributed by atoms with Crippen molar-refractivity contribution in [2.45, 2.75) is 309 Å². The summed E-state index contributed by atoms with van der Waals surface area (Å²) >= 11 is 0. The van der Waals surface area contributed by atoms with Gasteiger partial charge in [-0.3, -0.25) is 14.4 Å². The number of hydrogen-bond donors (Lipinski definition) is 0. The van der Waals surface area contributed by atoms with E-state index in [1.165, 1.54) is 154 Å². The third-order valence-electron chi connectivity index (χ3n) is 13.2. The monoisotopic (exact) mass is 991 g/mol. The van der Waals surface area contributed by atoms with E-state index in [1.54, 1.807) is 0 Å². The molecule has 0 N–H and O–H groups in total. The van der Waals surface area contributed by atoms with E-state index in [9.17, 15) is 14.4 Å². The molecule has 0 spiro atoms. The Kier molecular flexibility index (Phi) is 56.8. The van der Waals surface area contributed by atoms with Gasteiger partial charge in [0.05, 0.1) is 0 Å². The topological polar surface area (TPSA) is 78.9 Å². The van der Waals surface area contributed by atoms with Crippen molar-refractivity contribution in [3.8, 4) is 0 Å². The minimum Gasteiger partial charge on any atom is -0.462 e. The van der Waals surface area contributed by atoms with E-state index in [-0.39, 0.29) is 31.1 Å². The Morgan fingerprint density at radius 1 is 0.282 bits per heavy atom. The van der Waals surface area contributed by atoms with Gasteiger partial charge in [0.25, 0.3) is 0 Å². The molecule has 0 bridgehead atoms. The Morgan fingerprint density at radius 2 is 0.507 bits per heavy atom. The minimum atomic E-state index is -0.796. The molecule has 0 radical (unpaired) electrons. The summed E-state index contributed by atoms with van der Waals surface area (Å²) in [6, 6.07) is 0. The number of carbonyl (C=O) groups is 3. The van der Waals surface area contributed by atoms with Crippen LogP contribution in [0.2, 0.25) is 0 Å². The molecule has 0 aromatic carbocycles. The summed E-state index contributed by atoms with van der Waals surface area (Å²) in [5.74, 6) is -0.921. The average Bonchev–Trinajstić information content (AvgIpc) is 3.37. The largest absolute Gasteiger partial charge is 0.462 e. The number of ether oxygens (including phenoxy) is 3. The molecule has 0 heterocycles. The second-order valence-electron chi connectivity index (χ2n) is 20.3. The van der Waals surface area contributed by atoms with Crippen LogP contribution >= 0.6 is 0 Å². The summed E-state index contributed by atoms with van der Waals surface area (Å²) in [6.07, 6.45) is 76.1. The van der Waals surface area contributed by atoms with Gasteiger partial charge < -0.3 is 14.2 Å². The van der Waals surface area contributed by atoms with Crippen molar-refractivity contribution in [2.24, 2.45) is 0 Å². The van der Waals surface area contributed by atoms with Gasteiger partial charge in [-0.15, -0.1) is 0 Å². The normalized spacial score (nSPS) is 12.5. The van der Waals surface area contributed by atoms with Crippen LogP contribution in [0.1, 0.15) is 303 Å². The summed E-state index contributed by atoms with van der Waals surface area (Å²) in [7, 11) is 0. The number of esters is 3. The first kappa shape index (κ1) is 67.8. The molecule has 1 atom stereocenters. The van der Waals surface area contributed by atoms with E-state index in [0.717, 1.165) is 109 Å². The maximum absolute atomic E-state index is 12.9. The number of hydrogen-bond acceptors (Lipinski definition) is 6. The van der Waals surface area contributed by atoms with Crippen LogP contribution in [0.5, 0.6) is 0 Å². The molecule has 410 valence electrons. The SMILES string of the molecule is CCCCC/C=C\C/C=C\C/C=C\CCCCCCC(=O)OC[C@H](COC(=O)CCCCCCCCCCCCCCCCCCCCC)OC(=O)CCCCCC/C=C\C/C=C\C/C=C\CCCCC. The molecule has 0 aliphatic carbocycles. The van der Waals surface area contributed by atoms with Gasteiger partial charge in [0.15, 0.2) is 6.10 Å². The summed E-state index contributed by atoms with van der Waals surface area (Å²) < 4.78 is 16.9. The second kappa shape index (κ2) is 59.4. The predicted octanol–water partition coefficient (Wildman–Crippen LogP) is 20.5. The fourth-order valence-electron chi connectivity index (χ4n) is 8.57. The molecule has 6 nitrogen and oxygen atoms in total. The Hall–Kier alpha value is -3.15. The number of allylic oxidation sites excluding steroid dienone is 12. The van der Waals surface area contributed by atoms with Crippen molar-refractivity contribution in [2.75, 3.05) is 13.2 Å². The summed E-state index contributed by atoms with van der Waals surface area (Å²) in [6.45, 7) is 6.58. The Morgan fingerprint density at radius 3 is 0.817 bits per heavy atom. The fourth-order valence-corrected chi connectivity index (χ4v) is 8.57. The molecule has 0 aromatic heterocycles. The highest BCUT2D eigenvalue weighted by Gasteiger charge is 2.19. The first-order valence-corrected chi connectivity index (χ1v) is 30.4. The van der Waals surface area contributed by atoms with E-state index in [0.29, 0.717) is 19.3 Å². The molecule has 71 heavy (non-hydrogen) atoms. The van der Waals surface area contributed by atoms with Crippen LogP contribution in [0.4, 0.5) is 0 Å². The molecular formula is C65H114O6. The molecule has 0 aliphatic heterocycles. The third kappa shape index (κ3) is 57.6. The number of unbranched alkanes of at least 4 members (excludes halogenated alkanes) is 32. The lowest BCUT2D eigenvalue weighted by atomic mass is 10.0. The van der Waals surface area contributed by atoms with Crippen LogP contribution in [-0.2, 0) is 28.6 Å². The van der Waals surface area contributed by atoms with Crippen LogP contribution in [0.3, 0.4) is 0 Å². The molecule has 0 saturated carbocycles. The third-order valence-corrected chi connectivity index (χ3v) is 13.2.